The van der Waals surface area contributed by atoms with Crippen LogP contribution in [0.3, 0.4) is 0 Å². The van der Waals surface area contributed by atoms with E-state index in [1.165, 1.54) is 23.4 Å². The van der Waals surface area contributed by atoms with Crippen molar-refractivity contribution >= 4 is 17.5 Å². The Labute approximate surface area is 196 Å². The van der Waals surface area contributed by atoms with Gasteiger partial charge in [0.15, 0.2) is 0 Å². The van der Waals surface area contributed by atoms with Crippen LogP contribution >= 0.6 is 0 Å². The number of likely N-dealkylation sites (tertiary alicyclic amines) is 1. The highest BCUT2D eigenvalue weighted by Crippen LogP contribution is 2.35. The lowest BCUT2D eigenvalue weighted by atomic mass is 9.85. The molecule has 2 amide bonds. The van der Waals surface area contributed by atoms with Crippen LogP contribution in [0.1, 0.15) is 38.5 Å². The highest BCUT2D eigenvalue weighted by molar-refractivity contribution is 6.05. The molecule has 6 heteroatoms. The van der Waals surface area contributed by atoms with E-state index in [-0.39, 0.29) is 30.2 Å². The Bertz CT molecular complexity index is 938. The van der Waals surface area contributed by atoms with Crippen LogP contribution in [0.5, 0.6) is 5.75 Å². The number of piperazine rings is 1. The summed E-state index contributed by atoms with van der Waals surface area (Å²) < 4.78 is 6.33. The van der Waals surface area contributed by atoms with Gasteiger partial charge in [-0.1, -0.05) is 36.1 Å². The van der Waals surface area contributed by atoms with E-state index in [1.54, 1.807) is 0 Å². The molecule has 2 aliphatic heterocycles. The number of nitrogens with zero attached hydrogens (tertiary/aromatic N) is 3. The van der Waals surface area contributed by atoms with Crippen LogP contribution in [-0.4, -0.2) is 67.0 Å². The molecule has 0 spiro atoms. The van der Waals surface area contributed by atoms with Crippen LogP contribution in [0.25, 0.3) is 0 Å². The monoisotopic (exact) mass is 447 g/mol. The molecule has 5 rings (SSSR count). The number of carbonyl (C=O) groups is 2. The summed E-state index contributed by atoms with van der Waals surface area (Å²) in [5, 5.41) is 0. The van der Waals surface area contributed by atoms with Gasteiger partial charge in [-0.15, -0.1) is 0 Å². The molecule has 0 aromatic heterocycles. The molecule has 2 atom stereocenters. The lowest BCUT2D eigenvalue weighted by Gasteiger charge is -2.36. The Hall–Kier alpha value is -2.78. The molecule has 6 nitrogen and oxygen atoms in total. The summed E-state index contributed by atoms with van der Waals surface area (Å²) in [6.07, 6.45) is 10.6. The van der Waals surface area contributed by atoms with Crippen LogP contribution < -0.4 is 9.64 Å². The van der Waals surface area contributed by atoms with Gasteiger partial charge in [-0.05, 0) is 50.7 Å². The van der Waals surface area contributed by atoms with Gasteiger partial charge in [-0.2, -0.15) is 0 Å². The molecule has 174 valence electrons. The number of ether oxygens (including phenoxy) is 1. The van der Waals surface area contributed by atoms with E-state index >= 15 is 0 Å². The summed E-state index contributed by atoms with van der Waals surface area (Å²) in [6, 6.07) is 8.40. The van der Waals surface area contributed by atoms with Gasteiger partial charge >= 0.3 is 0 Å². The van der Waals surface area contributed by atoms with E-state index in [9.17, 15) is 9.59 Å². The Balaban J connectivity index is 1.10. The minimum atomic E-state index is -0.169. The van der Waals surface area contributed by atoms with Gasteiger partial charge in [0.1, 0.15) is 5.75 Å². The standard InChI is InChI=1S/C27H33N3O3/c31-26-22-11-3-4-12-23(22)27(32)30(26)16-8-7-15-28-17-19-29(20-18-28)24-13-5-6-14-25(24)33-21-9-1-2-10-21/h3-6,13-14,21-23H,1-2,9-12,15-20H2. The lowest BCUT2D eigenvalue weighted by Crippen LogP contribution is -2.46. The average Bonchev–Trinajstić information content (AvgIpc) is 3.45. The van der Waals surface area contributed by atoms with Crippen molar-refractivity contribution in [1.82, 2.24) is 9.80 Å². The largest absolute Gasteiger partial charge is 0.488 e. The third kappa shape index (κ3) is 4.79. The molecule has 4 aliphatic rings. The summed E-state index contributed by atoms with van der Waals surface area (Å²) in [7, 11) is 0. The van der Waals surface area contributed by atoms with Crippen molar-refractivity contribution in [2.75, 3.05) is 44.2 Å². The summed E-state index contributed by atoms with van der Waals surface area (Å²) >= 11 is 0. The SMILES string of the molecule is O=C1C2CC=CCC2C(=O)N1CC#CCN1CCN(c2ccccc2OC2CCCC2)CC1. The van der Waals surface area contributed by atoms with Crippen molar-refractivity contribution < 1.29 is 14.3 Å². The Morgan fingerprint density at radius 2 is 1.48 bits per heavy atom. The topological polar surface area (TPSA) is 53.1 Å². The van der Waals surface area contributed by atoms with Crippen molar-refractivity contribution in [3.63, 3.8) is 0 Å². The highest BCUT2D eigenvalue weighted by atomic mass is 16.5. The molecule has 0 N–H and O–H groups in total. The smallest absolute Gasteiger partial charge is 0.234 e. The van der Waals surface area contributed by atoms with Crippen molar-refractivity contribution in [1.29, 1.82) is 0 Å². The molecule has 1 aromatic rings. The maximum Gasteiger partial charge on any atom is 0.234 e. The predicted octanol–water partition coefficient (Wildman–Crippen LogP) is 3.08. The molecule has 1 saturated carbocycles. The first kappa shape index (κ1) is 22.0. The fourth-order valence-electron chi connectivity index (χ4n) is 5.48. The second-order valence-corrected chi connectivity index (χ2v) is 9.53. The summed E-state index contributed by atoms with van der Waals surface area (Å²) in [4.78, 5) is 31.2. The number of benzene rings is 1. The number of anilines is 1. The van der Waals surface area contributed by atoms with Gasteiger partial charge in [0, 0.05) is 26.2 Å². The van der Waals surface area contributed by atoms with Crippen LogP contribution in [0.4, 0.5) is 5.69 Å². The number of carbonyl (C=O) groups excluding carboxylic acids is 2. The van der Waals surface area contributed by atoms with Crippen molar-refractivity contribution in [2.24, 2.45) is 11.8 Å². The van der Waals surface area contributed by atoms with Crippen LogP contribution in [0, 0.1) is 23.7 Å². The third-order valence-electron chi connectivity index (χ3n) is 7.44. The number of rotatable bonds is 5. The van der Waals surface area contributed by atoms with E-state index in [4.69, 9.17) is 4.74 Å². The number of para-hydroxylation sites is 2. The highest BCUT2D eigenvalue weighted by Gasteiger charge is 2.46. The first-order chi connectivity index (χ1) is 16.2. The van der Waals surface area contributed by atoms with E-state index < -0.39 is 0 Å². The van der Waals surface area contributed by atoms with Crippen molar-refractivity contribution in [3.05, 3.63) is 36.4 Å². The number of fused-ring (bicyclic) bond motifs is 1. The second-order valence-electron chi connectivity index (χ2n) is 9.53. The molecule has 2 aliphatic carbocycles. The van der Waals surface area contributed by atoms with Gasteiger partial charge in [-0.3, -0.25) is 19.4 Å². The Morgan fingerprint density at radius 1 is 0.848 bits per heavy atom. The summed E-state index contributed by atoms with van der Waals surface area (Å²) in [5.74, 6) is 6.85. The fourth-order valence-corrected chi connectivity index (χ4v) is 5.48. The summed E-state index contributed by atoms with van der Waals surface area (Å²) in [6.45, 7) is 4.63. The molecular formula is C27H33N3O3. The number of hydrogen-bond donors (Lipinski definition) is 0. The molecule has 33 heavy (non-hydrogen) atoms. The predicted molar refractivity (Wildman–Crippen MR) is 128 cm³/mol. The first-order valence-electron chi connectivity index (χ1n) is 12.4. The first-order valence-corrected chi connectivity index (χ1v) is 12.4. The molecule has 3 fully saturated rings. The van der Waals surface area contributed by atoms with Crippen LogP contribution in [0.2, 0.25) is 0 Å². The lowest BCUT2D eigenvalue weighted by molar-refractivity contribution is -0.139. The zero-order valence-electron chi connectivity index (χ0n) is 19.2. The van der Waals surface area contributed by atoms with Gasteiger partial charge in [0.2, 0.25) is 11.8 Å². The van der Waals surface area contributed by atoms with E-state index in [1.807, 2.05) is 12.2 Å². The fraction of sp³-hybridized carbons (Fsp3) is 0.556. The molecule has 2 saturated heterocycles. The maximum atomic E-state index is 12.5. The third-order valence-corrected chi connectivity index (χ3v) is 7.44. The van der Waals surface area contributed by atoms with Crippen molar-refractivity contribution in [3.8, 4) is 17.6 Å². The summed E-state index contributed by atoms with van der Waals surface area (Å²) in [5.41, 5.74) is 1.19. The Morgan fingerprint density at radius 3 is 2.18 bits per heavy atom. The minimum absolute atomic E-state index is 0.0456. The molecular weight excluding hydrogens is 414 g/mol. The van der Waals surface area contributed by atoms with E-state index in [0.717, 1.165) is 44.8 Å². The van der Waals surface area contributed by atoms with E-state index in [0.29, 0.717) is 25.5 Å². The number of imide groups is 1. The van der Waals surface area contributed by atoms with Crippen LogP contribution in [-0.2, 0) is 9.59 Å². The molecule has 0 radical (unpaired) electrons. The number of hydrogen-bond acceptors (Lipinski definition) is 5. The van der Waals surface area contributed by atoms with Gasteiger partial charge in [0.05, 0.1) is 36.7 Å². The quantitative estimate of drug-likeness (QED) is 0.395. The number of amides is 2. The van der Waals surface area contributed by atoms with Gasteiger partial charge < -0.3 is 9.64 Å². The average molecular weight is 448 g/mol. The molecule has 2 unspecified atom stereocenters. The van der Waals surface area contributed by atoms with Crippen LogP contribution in [0.15, 0.2) is 36.4 Å². The van der Waals surface area contributed by atoms with E-state index in [2.05, 4.69) is 45.9 Å². The minimum Gasteiger partial charge on any atom is -0.488 e. The zero-order chi connectivity index (χ0) is 22.6. The Kier molecular flexibility index (Phi) is 6.68. The van der Waals surface area contributed by atoms with Gasteiger partial charge in [-0.25, -0.2) is 0 Å². The van der Waals surface area contributed by atoms with Crippen molar-refractivity contribution in [2.45, 2.75) is 44.6 Å². The van der Waals surface area contributed by atoms with Gasteiger partial charge in [0.25, 0.3) is 0 Å². The second kappa shape index (κ2) is 10.0. The zero-order valence-corrected chi connectivity index (χ0v) is 19.2. The molecule has 1 aromatic carbocycles. The normalized spacial score (nSPS) is 25.8. The molecule has 2 heterocycles. The molecule has 0 bridgehead atoms. The number of allylic oxidation sites excluding steroid dienone is 2. The maximum absolute atomic E-state index is 12.5.